The Morgan fingerprint density at radius 3 is 2.60 bits per heavy atom. The van der Waals surface area contributed by atoms with Crippen LogP contribution < -0.4 is 0 Å². The standard InChI is InChI=1S/C13H19ClFNO2S2/c1-4-11(9-19-3)16(2)20(17,18)13-7-10(8-14)5-6-12(13)15/h5-7,11H,4,8-9H2,1-3H3. The van der Waals surface area contributed by atoms with Crippen molar-refractivity contribution in [2.45, 2.75) is 30.2 Å². The van der Waals surface area contributed by atoms with E-state index >= 15 is 0 Å². The maximum atomic E-state index is 13.9. The third-order valence-electron chi connectivity index (χ3n) is 3.15. The minimum Gasteiger partial charge on any atom is -0.207 e. The number of alkyl halides is 1. The number of hydrogen-bond acceptors (Lipinski definition) is 3. The molecular weight excluding hydrogens is 321 g/mol. The number of rotatable bonds is 7. The Bertz CT molecular complexity index is 551. The van der Waals surface area contributed by atoms with Crippen molar-refractivity contribution < 1.29 is 12.8 Å². The van der Waals surface area contributed by atoms with Gasteiger partial charge in [0.15, 0.2) is 0 Å². The normalized spacial score (nSPS) is 13.7. The van der Waals surface area contributed by atoms with Gasteiger partial charge >= 0.3 is 0 Å². The van der Waals surface area contributed by atoms with E-state index in [0.717, 1.165) is 6.07 Å². The maximum Gasteiger partial charge on any atom is 0.246 e. The van der Waals surface area contributed by atoms with E-state index in [0.29, 0.717) is 17.7 Å². The number of thioether (sulfide) groups is 1. The van der Waals surface area contributed by atoms with Gasteiger partial charge in [-0.1, -0.05) is 13.0 Å². The van der Waals surface area contributed by atoms with E-state index in [9.17, 15) is 12.8 Å². The monoisotopic (exact) mass is 339 g/mol. The van der Waals surface area contributed by atoms with Crippen molar-refractivity contribution in [3.63, 3.8) is 0 Å². The van der Waals surface area contributed by atoms with Crippen LogP contribution in [0.1, 0.15) is 18.9 Å². The van der Waals surface area contributed by atoms with Crippen LogP contribution in [0.3, 0.4) is 0 Å². The van der Waals surface area contributed by atoms with Crippen LogP contribution in [-0.2, 0) is 15.9 Å². The van der Waals surface area contributed by atoms with E-state index in [1.165, 1.54) is 23.5 Å². The number of benzene rings is 1. The minimum absolute atomic E-state index is 0.147. The van der Waals surface area contributed by atoms with Crippen molar-refractivity contribution in [1.29, 1.82) is 0 Å². The number of sulfonamides is 1. The van der Waals surface area contributed by atoms with Crippen LogP contribution in [-0.4, -0.2) is 37.8 Å². The summed E-state index contributed by atoms with van der Waals surface area (Å²) in [4.78, 5) is -0.308. The van der Waals surface area contributed by atoms with Crippen LogP contribution in [0, 0.1) is 5.82 Å². The summed E-state index contributed by atoms with van der Waals surface area (Å²) in [5.74, 6) is 0.0714. The van der Waals surface area contributed by atoms with Crippen LogP contribution in [0.15, 0.2) is 23.1 Å². The summed E-state index contributed by atoms with van der Waals surface area (Å²) >= 11 is 7.25. The number of halogens is 2. The lowest BCUT2D eigenvalue weighted by atomic mass is 10.2. The molecule has 20 heavy (non-hydrogen) atoms. The Labute approximate surface area is 129 Å². The smallest absolute Gasteiger partial charge is 0.207 e. The summed E-state index contributed by atoms with van der Waals surface area (Å²) < 4.78 is 40.2. The number of nitrogens with zero attached hydrogens (tertiary/aromatic N) is 1. The zero-order chi connectivity index (χ0) is 15.3. The fourth-order valence-corrected chi connectivity index (χ4v) is 4.50. The van der Waals surface area contributed by atoms with Gasteiger partial charge in [-0.15, -0.1) is 11.6 Å². The lowest BCUT2D eigenvalue weighted by molar-refractivity contribution is 0.383. The highest BCUT2D eigenvalue weighted by molar-refractivity contribution is 7.98. The summed E-state index contributed by atoms with van der Waals surface area (Å²) in [6.07, 6.45) is 2.59. The first-order valence-electron chi connectivity index (χ1n) is 6.19. The third-order valence-corrected chi connectivity index (χ3v) is 6.10. The van der Waals surface area contributed by atoms with E-state index in [1.54, 1.807) is 11.8 Å². The number of hydrogen-bond donors (Lipinski definition) is 0. The second-order valence-corrected chi connectivity index (χ2v) is 7.58. The molecule has 7 heteroatoms. The molecule has 0 fully saturated rings. The van der Waals surface area contributed by atoms with Gasteiger partial charge < -0.3 is 0 Å². The third kappa shape index (κ3) is 3.87. The average molecular weight is 340 g/mol. The van der Waals surface area contributed by atoms with E-state index in [-0.39, 0.29) is 16.8 Å². The molecule has 0 aliphatic heterocycles. The van der Waals surface area contributed by atoms with Crippen LogP contribution in [0.4, 0.5) is 4.39 Å². The predicted octanol–water partition coefficient (Wildman–Crippen LogP) is 3.33. The maximum absolute atomic E-state index is 13.9. The second-order valence-electron chi connectivity index (χ2n) is 4.44. The van der Waals surface area contributed by atoms with Gasteiger partial charge in [0.2, 0.25) is 10.0 Å². The quantitative estimate of drug-likeness (QED) is 0.715. The van der Waals surface area contributed by atoms with E-state index in [1.807, 2.05) is 13.2 Å². The fraction of sp³-hybridized carbons (Fsp3) is 0.538. The summed E-state index contributed by atoms with van der Waals surface area (Å²) in [5, 5.41) is 0. The fourth-order valence-electron chi connectivity index (χ4n) is 1.85. The van der Waals surface area contributed by atoms with Crippen LogP contribution in [0.2, 0.25) is 0 Å². The molecule has 0 aliphatic rings. The van der Waals surface area contributed by atoms with Crippen LogP contribution >= 0.6 is 23.4 Å². The molecule has 3 nitrogen and oxygen atoms in total. The Kier molecular flexibility index (Phi) is 6.78. The van der Waals surface area contributed by atoms with Crippen molar-refractivity contribution in [3.05, 3.63) is 29.6 Å². The summed E-state index contributed by atoms with van der Waals surface area (Å²) in [6.45, 7) is 1.92. The Hall–Kier alpha value is -0.300. The van der Waals surface area contributed by atoms with E-state index in [4.69, 9.17) is 11.6 Å². The molecule has 1 atom stereocenters. The lowest BCUT2D eigenvalue weighted by Crippen LogP contribution is -2.38. The molecule has 0 spiro atoms. The molecule has 1 unspecified atom stereocenters. The molecular formula is C13H19ClFNO2S2. The zero-order valence-electron chi connectivity index (χ0n) is 11.8. The van der Waals surface area contributed by atoms with Crippen LogP contribution in [0.5, 0.6) is 0 Å². The van der Waals surface area contributed by atoms with Crippen molar-refractivity contribution in [3.8, 4) is 0 Å². The molecule has 114 valence electrons. The SMILES string of the molecule is CCC(CSC)N(C)S(=O)(=O)c1cc(CCl)ccc1F. The molecule has 1 aromatic carbocycles. The van der Waals surface area contributed by atoms with Gasteiger partial charge in [0.05, 0.1) is 0 Å². The van der Waals surface area contributed by atoms with E-state index < -0.39 is 15.8 Å². The summed E-state index contributed by atoms with van der Waals surface area (Å²) in [7, 11) is -2.36. The van der Waals surface area contributed by atoms with Gasteiger partial charge in [0.1, 0.15) is 10.7 Å². The molecule has 0 heterocycles. The van der Waals surface area contributed by atoms with Crippen molar-refractivity contribution in [2.75, 3.05) is 19.1 Å². The molecule has 0 aromatic heterocycles. The van der Waals surface area contributed by atoms with Gasteiger partial charge in [0.25, 0.3) is 0 Å². The molecule has 0 amide bonds. The van der Waals surface area contributed by atoms with Gasteiger partial charge in [0, 0.05) is 24.7 Å². The molecule has 1 rings (SSSR count). The van der Waals surface area contributed by atoms with Gasteiger partial charge in [-0.25, -0.2) is 12.8 Å². The first-order chi connectivity index (χ1) is 9.38. The van der Waals surface area contributed by atoms with Crippen molar-refractivity contribution in [1.82, 2.24) is 4.31 Å². The molecule has 0 saturated heterocycles. The first kappa shape index (κ1) is 17.8. The summed E-state index contributed by atoms with van der Waals surface area (Å²) in [5.41, 5.74) is 0.581. The Morgan fingerprint density at radius 2 is 2.10 bits per heavy atom. The molecule has 0 radical (unpaired) electrons. The van der Waals surface area contributed by atoms with Crippen molar-refractivity contribution >= 4 is 33.4 Å². The van der Waals surface area contributed by atoms with E-state index in [2.05, 4.69) is 0 Å². The largest absolute Gasteiger partial charge is 0.246 e. The van der Waals surface area contributed by atoms with Crippen LogP contribution in [0.25, 0.3) is 0 Å². The minimum atomic E-state index is -3.85. The highest BCUT2D eigenvalue weighted by Gasteiger charge is 2.29. The molecule has 0 N–H and O–H groups in total. The zero-order valence-corrected chi connectivity index (χ0v) is 14.2. The van der Waals surface area contributed by atoms with Gasteiger partial charge in [-0.2, -0.15) is 16.1 Å². The lowest BCUT2D eigenvalue weighted by Gasteiger charge is -2.26. The topological polar surface area (TPSA) is 37.4 Å². The highest BCUT2D eigenvalue weighted by Crippen LogP contribution is 2.24. The van der Waals surface area contributed by atoms with Crippen molar-refractivity contribution in [2.24, 2.45) is 0 Å². The van der Waals surface area contributed by atoms with Gasteiger partial charge in [-0.05, 0) is 30.4 Å². The highest BCUT2D eigenvalue weighted by atomic mass is 35.5. The second kappa shape index (κ2) is 7.64. The summed E-state index contributed by atoms with van der Waals surface area (Å²) in [6, 6.07) is 3.78. The first-order valence-corrected chi connectivity index (χ1v) is 9.56. The predicted molar refractivity (Wildman–Crippen MR) is 83.4 cm³/mol. The Morgan fingerprint density at radius 1 is 1.45 bits per heavy atom. The van der Waals surface area contributed by atoms with Gasteiger partial charge in [-0.3, -0.25) is 0 Å². The molecule has 0 saturated carbocycles. The molecule has 1 aromatic rings. The average Bonchev–Trinajstić information content (AvgIpc) is 2.44. The Balaban J connectivity index is 3.21. The molecule has 0 aliphatic carbocycles. The molecule has 0 bridgehead atoms.